The maximum absolute atomic E-state index is 9.53. The highest BCUT2D eigenvalue weighted by Gasteiger charge is 2.13. The number of hydrogen-bond acceptors (Lipinski definition) is 5. The third-order valence-corrected chi connectivity index (χ3v) is 4.58. The van der Waals surface area contributed by atoms with Gasteiger partial charge in [0.25, 0.3) is 0 Å². The molecular weight excluding hydrogens is 320 g/mol. The van der Waals surface area contributed by atoms with E-state index in [1.54, 1.807) is 17.5 Å². The van der Waals surface area contributed by atoms with Crippen LogP contribution in [0.5, 0.6) is 0 Å². The predicted octanol–water partition coefficient (Wildman–Crippen LogP) is 2.39. The number of fused-ring (bicyclic) bond motifs is 1. The number of aliphatic hydroxyl groups excluding tert-OH is 1. The number of nitrogens with one attached hydrogen (secondary N) is 1. The van der Waals surface area contributed by atoms with E-state index >= 15 is 0 Å². The second kappa shape index (κ2) is 7.19. The van der Waals surface area contributed by atoms with Crippen molar-refractivity contribution in [2.75, 3.05) is 13.2 Å². The molecule has 0 aliphatic rings. The van der Waals surface area contributed by atoms with Crippen LogP contribution >= 0.6 is 22.9 Å². The number of halogens is 1. The number of rotatable bonds is 7. The molecule has 3 rings (SSSR count). The molecule has 0 saturated carbocycles. The third kappa shape index (κ3) is 3.47. The van der Waals surface area contributed by atoms with Gasteiger partial charge in [0.2, 0.25) is 0 Å². The summed E-state index contributed by atoms with van der Waals surface area (Å²) in [6.45, 7) is 1.44. The molecule has 0 aromatic carbocycles. The molecule has 0 radical (unpaired) electrons. The standard InChI is InChI=1S/C15H17ClN4OS/c16-14-13(20-5-6-22-15(20)19-14)9-17-8-11(10-21)7-12-3-1-2-4-18-12/h1-6,11,17,21H,7-10H2. The molecule has 3 aromatic heterocycles. The van der Waals surface area contributed by atoms with Crippen molar-refractivity contribution in [2.45, 2.75) is 13.0 Å². The van der Waals surface area contributed by atoms with Gasteiger partial charge in [-0.2, -0.15) is 0 Å². The molecule has 1 unspecified atom stereocenters. The predicted molar refractivity (Wildman–Crippen MR) is 88.3 cm³/mol. The Kier molecular flexibility index (Phi) is 5.04. The summed E-state index contributed by atoms with van der Waals surface area (Å²) in [5.41, 5.74) is 1.94. The summed E-state index contributed by atoms with van der Waals surface area (Å²) >= 11 is 7.72. The van der Waals surface area contributed by atoms with Gasteiger partial charge in [-0.25, -0.2) is 4.98 Å². The monoisotopic (exact) mass is 336 g/mol. The van der Waals surface area contributed by atoms with Crippen LogP contribution in [0.2, 0.25) is 5.15 Å². The first-order valence-corrected chi connectivity index (χ1v) is 8.35. The van der Waals surface area contributed by atoms with Crippen LogP contribution in [0.4, 0.5) is 0 Å². The van der Waals surface area contributed by atoms with Gasteiger partial charge >= 0.3 is 0 Å². The largest absolute Gasteiger partial charge is 0.396 e. The zero-order chi connectivity index (χ0) is 15.4. The SMILES string of the molecule is OCC(CNCc1c(Cl)nc2sccn12)Cc1ccccn1. The number of thiazole rings is 1. The fourth-order valence-corrected chi connectivity index (χ4v) is 3.40. The van der Waals surface area contributed by atoms with Crippen LogP contribution in [0.25, 0.3) is 4.96 Å². The van der Waals surface area contributed by atoms with Crippen molar-refractivity contribution in [3.63, 3.8) is 0 Å². The van der Waals surface area contributed by atoms with Gasteiger partial charge in [0.1, 0.15) is 0 Å². The van der Waals surface area contributed by atoms with Gasteiger partial charge in [-0.1, -0.05) is 17.7 Å². The molecule has 0 bridgehead atoms. The summed E-state index contributed by atoms with van der Waals surface area (Å²) in [6, 6.07) is 5.83. The van der Waals surface area contributed by atoms with Crippen molar-refractivity contribution in [1.29, 1.82) is 0 Å². The van der Waals surface area contributed by atoms with E-state index in [1.807, 2.05) is 34.2 Å². The summed E-state index contributed by atoms with van der Waals surface area (Å²) in [5, 5.41) is 15.4. The van der Waals surface area contributed by atoms with Crippen molar-refractivity contribution in [3.8, 4) is 0 Å². The van der Waals surface area contributed by atoms with E-state index in [9.17, 15) is 5.11 Å². The van der Waals surface area contributed by atoms with Crippen LogP contribution in [0.3, 0.4) is 0 Å². The molecule has 0 aliphatic heterocycles. The highest BCUT2D eigenvalue weighted by atomic mass is 35.5. The van der Waals surface area contributed by atoms with E-state index in [0.717, 1.165) is 22.8 Å². The first-order valence-electron chi connectivity index (χ1n) is 7.09. The Labute approximate surface area is 137 Å². The van der Waals surface area contributed by atoms with Gasteiger partial charge in [-0.3, -0.25) is 9.38 Å². The summed E-state index contributed by atoms with van der Waals surface area (Å²) in [5.74, 6) is 0.125. The molecular formula is C15H17ClN4OS. The lowest BCUT2D eigenvalue weighted by Crippen LogP contribution is -2.27. The molecule has 2 N–H and O–H groups in total. The molecule has 0 amide bonds. The number of nitrogens with zero attached hydrogens (tertiary/aromatic N) is 3. The Morgan fingerprint density at radius 2 is 2.32 bits per heavy atom. The molecule has 5 nitrogen and oxygen atoms in total. The molecule has 116 valence electrons. The molecule has 0 fully saturated rings. The first kappa shape index (κ1) is 15.4. The number of imidazole rings is 1. The molecule has 22 heavy (non-hydrogen) atoms. The second-order valence-corrected chi connectivity index (χ2v) is 6.34. The van der Waals surface area contributed by atoms with Gasteiger partial charge in [-0.05, 0) is 24.5 Å². The lowest BCUT2D eigenvalue weighted by atomic mass is 10.0. The van der Waals surface area contributed by atoms with Crippen LogP contribution in [0, 0.1) is 5.92 Å². The molecule has 3 aromatic rings. The van der Waals surface area contributed by atoms with E-state index < -0.39 is 0 Å². The smallest absolute Gasteiger partial charge is 0.195 e. The van der Waals surface area contributed by atoms with Crippen LogP contribution in [-0.2, 0) is 13.0 Å². The molecule has 7 heteroatoms. The van der Waals surface area contributed by atoms with E-state index in [4.69, 9.17) is 11.6 Å². The fourth-order valence-electron chi connectivity index (χ4n) is 2.37. The average molecular weight is 337 g/mol. The highest BCUT2D eigenvalue weighted by Crippen LogP contribution is 2.21. The first-order chi connectivity index (χ1) is 10.8. The summed E-state index contributed by atoms with van der Waals surface area (Å²) in [4.78, 5) is 9.50. The third-order valence-electron chi connectivity index (χ3n) is 3.52. The number of aliphatic hydroxyl groups is 1. The molecule has 0 aliphatic carbocycles. The van der Waals surface area contributed by atoms with Crippen molar-refractivity contribution in [1.82, 2.24) is 19.7 Å². The van der Waals surface area contributed by atoms with Crippen LogP contribution in [0.1, 0.15) is 11.4 Å². The maximum Gasteiger partial charge on any atom is 0.195 e. The van der Waals surface area contributed by atoms with Crippen LogP contribution in [-0.4, -0.2) is 32.6 Å². The zero-order valence-electron chi connectivity index (χ0n) is 11.9. The van der Waals surface area contributed by atoms with Gasteiger partial charge in [0, 0.05) is 43.2 Å². The maximum atomic E-state index is 9.53. The van der Waals surface area contributed by atoms with Crippen molar-refractivity contribution in [2.24, 2.45) is 5.92 Å². The van der Waals surface area contributed by atoms with E-state index in [1.165, 1.54) is 0 Å². The second-order valence-electron chi connectivity index (χ2n) is 5.11. The minimum atomic E-state index is 0.123. The number of pyridine rings is 1. The minimum Gasteiger partial charge on any atom is -0.396 e. The Bertz CT molecular complexity index is 728. The normalized spacial score (nSPS) is 12.8. The van der Waals surface area contributed by atoms with Gasteiger partial charge in [-0.15, -0.1) is 11.3 Å². The Morgan fingerprint density at radius 1 is 1.41 bits per heavy atom. The number of hydrogen-bond donors (Lipinski definition) is 2. The minimum absolute atomic E-state index is 0.123. The lowest BCUT2D eigenvalue weighted by molar-refractivity contribution is 0.220. The summed E-state index contributed by atoms with van der Waals surface area (Å²) < 4.78 is 1.99. The van der Waals surface area contributed by atoms with Crippen molar-refractivity contribution >= 4 is 27.9 Å². The zero-order valence-corrected chi connectivity index (χ0v) is 13.5. The van der Waals surface area contributed by atoms with Crippen molar-refractivity contribution < 1.29 is 5.11 Å². The molecule has 1 atom stereocenters. The summed E-state index contributed by atoms with van der Waals surface area (Å²) in [7, 11) is 0. The average Bonchev–Trinajstić information content (AvgIpc) is 3.09. The van der Waals surface area contributed by atoms with E-state index in [2.05, 4.69) is 15.3 Å². The van der Waals surface area contributed by atoms with Crippen LogP contribution < -0.4 is 5.32 Å². The highest BCUT2D eigenvalue weighted by molar-refractivity contribution is 7.15. The Hall–Kier alpha value is -1.47. The van der Waals surface area contributed by atoms with Crippen molar-refractivity contribution in [3.05, 3.63) is 52.5 Å². The van der Waals surface area contributed by atoms with Gasteiger partial charge in [0.05, 0.1) is 5.69 Å². The molecule has 0 spiro atoms. The molecule has 0 saturated heterocycles. The van der Waals surface area contributed by atoms with Gasteiger partial charge < -0.3 is 10.4 Å². The van der Waals surface area contributed by atoms with E-state index in [-0.39, 0.29) is 12.5 Å². The number of aromatic nitrogens is 3. The Morgan fingerprint density at radius 3 is 3.09 bits per heavy atom. The van der Waals surface area contributed by atoms with E-state index in [0.29, 0.717) is 18.2 Å². The molecule has 3 heterocycles. The quantitative estimate of drug-likeness (QED) is 0.695. The topological polar surface area (TPSA) is 62.5 Å². The Balaban J connectivity index is 1.57. The fraction of sp³-hybridized carbons (Fsp3) is 0.333. The van der Waals surface area contributed by atoms with Gasteiger partial charge in [0.15, 0.2) is 10.1 Å². The lowest BCUT2D eigenvalue weighted by Gasteiger charge is -2.14. The van der Waals surface area contributed by atoms with Crippen LogP contribution in [0.15, 0.2) is 36.0 Å². The summed E-state index contributed by atoms with van der Waals surface area (Å²) in [6.07, 6.45) is 4.49.